The molecule has 0 aliphatic rings. The minimum Gasteiger partial charge on any atom is -0.473 e. The summed E-state index contributed by atoms with van der Waals surface area (Å²) in [5, 5.41) is 14.8. The van der Waals surface area contributed by atoms with Gasteiger partial charge in [-0.1, -0.05) is 0 Å². The largest absolute Gasteiger partial charge is 0.473 e. The summed E-state index contributed by atoms with van der Waals surface area (Å²) in [5.41, 5.74) is 0. The molecule has 0 spiro atoms. The first-order valence-electron chi connectivity index (χ1n) is 1.11. The summed E-state index contributed by atoms with van der Waals surface area (Å²) in [6, 6.07) is 0. The molecule has 0 bridgehead atoms. The molecule has 0 amide bonds. The standard InChI is InChI=1S/C2H2O4.4H2O.Y/c3-1(4)2(5)6;;;;;/h(H,3,4)(H,5,6);4*1H2;. The molecule has 9 heteroatoms. The predicted octanol–water partition coefficient (Wildman–Crippen LogP) is -4.15. The summed E-state index contributed by atoms with van der Waals surface area (Å²) >= 11 is 0. The fourth-order valence-corrected chi connectivity index (χ4v) is 0. The Morgan fingerprint density at radius 3 is 0.818 bits per heavy atom. The zero-order chi connectivity index (χ0) is 5.15. The second kappa shape index (κ2) is 22.5. The van der Waals surface area contributed by atoms with Crippen LogP contribution in [0.3, 0.4) is 0 Å². The molecule has 69 valence electrons. The van der Waals surface area contributed by atoms with E-state index in [4.69, 9.17) is 19.8 Å². The molecule has 0 aliphatic carbocycles. The Balaban J connectivity index is -0.0000000125. The first kappa shape index (κ1) is 44.6. The van der Waals surface area contributed by atoms with Crippen LogP contribution in [0.2, 0.25) is 0 Å². The van der Waals surface area contributed by atoms with Crippen molar-refractivity contribution in [2.75, 3.05) is 0 Å². The van der Waals surface area contributed by atoms with Crippen LogP contribution >= 0.6 is 0 Å². The van der Waals surface area contributed by atoms with Gasteiger partial charge in [-0.3, -0.25) is 0 Å². The fourth-order valence-electron chi connectivity index (χ4n) is 0. The minimum absolute atomic E-state index is 0. The molecular weight excluding hydrogens is 241 g/mol. The number of hydrogen-bond donors (Lipinski definition) is 2. The summed E-state index contributed by atoms with van der Waals surface area (Å²) in [6.45, 7) is 0. The molecule has 1 radical (unpaired) electrons. The molecule has 8 nitrogen and oxygen atoms in total. The van der Waals surface area contributed by atoms with Crippen molar-refractivity contribution >= 4 is 11.9 Å². The molecule has 0 fully saturated rings. The zero-order valence-corrected chi connectivity index (χ0v) is 8.13. The van der Waals surface area contributed by atoms with Gasteiger partial charge in [-0.25, -0.2) is 9.59 Å². The number of carboxylic acid groups (broad SMARTS) is 2. The molecular formula is C2H10O8Y. The maximum Gasteiger partial charge on any atom is 0.414 e. The van der Waals surface area contributed by atoms with Crippen LogP contribution < -0.4 is 0 Å². The molecule has 0 saturated carbocycles. The van der Waals surface area contributed by atoms with Gasteiger partial charge in [0.1, 0.15) is 0 Å². The van der Waals surface area contributed by atoms with Crippen LogP contribution in [0.15, 0.2) is 0 Å². The average Bonchev–Trinajstić information content (AvgIpc) is 1.36. The van der Waals surface area contributed by atoms with Crippen molar-refractivity contribution in [3.63, 3.8) is 0 Å². The minimum atomic E-state index is -1.82. The SMILES string of the molecule is O.O.O.O.O=C(O)C(=O)O.[Y]. The van der Waals surface area contributed by atoms with Gasteiger partial charge in [0, 0.05) is 32.7 Å². The van der Waals surface area contributed by atoms with E-state index in [2.05, 4.69) is 0 Å². The van der Waals surface area contributed by atoms with Gasteiger partial charge >= 0.3 is 11.9 Å². The molecule has 0 aromatic carbocycles. The number of aliphatic carboxylic acids is 2. The van der Waals surface area contributed by atoms with Crippen LogP contribution in [0.25, 0.3) is 0 Å². The predicted molar refractivity (Wildman–Crippen MR) is 29.7 cm³/mol. The Kier molecular flexibility index (Phi) is 91.3. The van der Waals surface area contributed by atoms with E-state index in [0.717, 1.165) is 0 Å². The third-order valence-electron chi connectivity index (χ3n) is 0.183. The van der Waals surface area contributed by atoms with E-state index in [-0.39, 0.29) is 54.6 Å². The van der Waals surface area contributed by atoms with E-state index in [0.29, 0.717) is 0 Å². The molecule has 10 N–H and O–H groups in total. The van der Waals surface area contributed by atoms with Crippen LogP contribution in [0.4, 0.5) is 0 Å². The van der Waals surface area contributed by atoms with E-state index in [1.165, 1.54) is 0 Å². The van der Waals surface area contributed by atoms with Crippen molar-refractivity contribution < 1.29 is 74.4 Å². The van der Waals surface area contributed by atoms with Gasteiger partial charge in [0.15, 0.2) is 0 Å². The van der Waals surface area contributed by atoms with Gasteiger partial charge in [-0.05, 0) is 0 Å². The fraction of sp³-hybridized carbons (Fsp3) is 0. The molecule has 0 atom stereocenters. The van der Waals surface area contributed by atoms with Crippen molar-refractivity contribution in [2.24, 2.45) is 0 Å². The van der Waals surface area contributed by atoms with Crippen molar-refractivity contribution in [2.45, 2.75) is 0 Å². The van der Waals surface area contributed by atoms with Crippen LogP contribution in [-0.4, -0.2) is 44.1 Å². The number of hydrogen-bond acceptors (Lipinski definition) is 2. The smallest absolute Gasteiger partial charge is 0.414 e. The van der Waals surface area contributed by atoms with E-state index in [9.17, 15) is 0 Å². The third-order valence-corrected chi connectivity index (χ3v) is 0.183. The van der Waals surface area contributed by atoms with Gasteiger partial charge < -0.3 is 32.1 Å². The summed E-state index contributed by atoms with van der Waals surface area (Å²) in [6.07, 6.45) is 0. The van der Waals surface area contributed by atoms with Crippen molar-refractivity contribution in [3.05, 3.63) is 0 Å². The number of rotatable bonds is 0. The van der Waals surface area contributed by atoms with Crippen molar-refractivity contribution in [3.8, 4) is 0 Å². The van der Waals surface area contributed by atoms with Gasteiger partial charge in [-0.15, -0.1) is 0 Å². The quantitative estimate of drug-likeness (QED) is 0.411. The van der Waals surface area contributed by atoms with Crippen molar-refractivity contribution in [1.82, 2.24) is 0 Å². The topological polar surface area (TPSA) is 201 Å². The second-order valence-corrected chi connectivity index (χ2v) is 0.610. The van der Waals surface area contributed by atoms with Crippen molar-refractivity contribution in [1.29, 1.82) is 0 Å². The second-order valence-electron chi connectivity index (χ2n) is 0.610. The third kappa shape index (κ3) is 40.7. The van der Waals surface area contributed by atoms with E-state index < -0.39 is 11.9 Å². The van der Waals surface area contributed by atoms with Gasteiger partial charge in [0.25, 0.3) is 0 Å². The summed E-state index contributed by atoms with van der Waals surface area (Å²) < 4.78 is 0. The molecule has 0 saturated heterocycles. The van der Waals surface area contributed by atoms with Gasteiger partial charge in [0.05, 0.1) is 0 Å². The molecule has 0 aromatic rings. The Morgan fingerprint density at radius 1 is 0.727 bits per heavy atom. The Morgan fingerprint density at radius 2 is 0.818 bits per heavy atom. The van der Waals surface area contributed by atoms with Gasteiger partial charge in [0.2, 0.25) is 0 Å². The number of carbonyl (C=O) groups is 2. The maximum atomic E-state index is 9.10. The summed E-state index contributed by atoms with van der Waals surface area (Å²) in [4.78, 5) is 18.2. The first-order valence-corrected chi connectivity index (χ1v) is 1.11. The monoisotopic (exact) mass is 251 g/mol. The van der Waals surface area contributed by atoms with Gasteiger partial charge in [-0.2, -0.15) is 0 Å². The maximum absolute atomic E-state index is 9.10. The Hall–Kier alpha value is -0.116. The molecule has 0 aromatic heterocycles. The Bertz CT molecular complexity index is 78.1. The molecule has 11 heavy (non-hydrogen) atoms. The van der Waals surface area contributed by atoms with Crippen LogP contribution in [0.5, 0.6) is 0 Å². The van der Waals surface area contributed by atoms with Crippen LogP contribution in [-0.2, 0) is 42.3 Å². The number of carboxylic acids is 2. The molecule has 0 rings (SSSR count). The van der Waals surface area contributed by atoms with Crippen LogP contribution in [0.1, 0.15) is 0 Å². The average molecular weight is 251 g/mol. The molecule has 0 unspecified atom stereocenters. The van der Waals surface area contributed by atoms with E-state index in [1.54, 1.807) is 0 Å². The summed E-state index contributed by atoms with van der Waals surface area (Å²) in [7, 11) is 0. The van der Waals surface area contributed by atoms with Crippen LogP contribution in [0, 0.1) is 0 Å². The van der Waals surface area contributed by atoms with E-state index >= 15 is 0 Å². The first-order chi connectivity index (χ1) is 2.64. The van der Waals surface area contributed by atoms with E-state index in [1.807, 2.05) is 0 Å². The zero-order valence-electron chi connectivity index (χ0n) is 5.29. The Labute approximate surface area is 86.3 Å². The summed E-state index contributed by atoms with van der Waals surface area (Å²) in [5.74, 6) is -3.65. The molecule has 0 heterocycles. The normalized spacial score (nSPS) is 4.00. The molecule has 0 aliphatic heterocycles.